The lowest BCUT2D eigenvalue weighted by atomic mass is 10.0. The van der Waals surface area contributed by atoms with Crippen LogP contribution in [0.3, 0.4) is 0 Å². The van der Waals surface area contributed by atoms with Crippen LogP contribution < -0.4 is 5.32 Å². The van der Waals surface area contributed by atoms with Crippen molar-refractivity contribution in [2.45, 2.75) is 58.6 Å². The van der Waals surface area contributed by atoms with Gasteiger partial charge in [0.25, 0.3) is 0 Å². The highest BCUT2D eigenvalue weighted by molar-refractivity contribution is 7.90. The van der Waals surface area contributed by atoms with E-state index in [0.717, 1.165) is 25.8 Å². The zero-order valence-electron chi connectivity index (χ0n) is 12.2. The van der Waals surface area contributed by atoms with E-state index < -0.39 is 9.84 Å². The molecule has 4 nitrogen and oxygen atoms in total. The van der Waals surface area contributed by atoms with Crippen LogP contribution >= 0.6 is 0 Å². The monoisotopic (exact) mass is 279 g/mol. The largest absolute Gasteiger partial charge is 0.377 e. The summed E-state index contributed by atoms with van der Waals surface area (Å²) in [7, 11) is -2.90. The van der Waals surface area contributed by atoms with Crippen LogP contribution in [0.15, 0.2) is 0 Å². The molecule has 0 aromatic carbocycles. The lowest BCUT2D eigenvalue weighted by molar-refractivity contribution is 0.0274. The normalized spacial score (nSPS) is 15.6. The predicted octanol–water partition coefficient (Wildman–Crippen LogP) is 1.99. The molecule has 0 saturated carbocycles. The summed E-state index contributed by atoms with van der Waals surface area (Å²) in [5, 5.41) is 3.42. The van der Waals surface area contributed by atoms with Gasteiger partial charge in [0.2, 0.25) is 0 Å². The molecule has 0 rings (SSSR count). The van der Waals surface area contributed by atoms with E-state index in [0.29, 0.717) is 13.0 Å². The van der Waals surface area contributed by atoms with Crippen molar-refractivity contribution in [3.63, 3.8) is 0 Å². The first-order valence-electron chi connectivity index (χ1n) is 6.97. The fraction of sp³-hybridized carbons (Fsp3) is 1.00. The highest BCUT2D eigenvalue weighted by Crippen LogP contribution is 2.12. The summed E-state index contributed by atoms with van der Waals surface area (Å²) >= 11 is 0. The topological polar surface area (TPSA) is 55.4 Å². The summed E-state index contributed by atoms with van der Waals surface area (Å²) in [4.78, 5) is 0. The highest BCUT2D eigenvalue weighted by atomic mass is 32.2. The van der Waals surface area contributed by atoms with Crippen molar-refractivity contribution < 1.29 is 13.2 Å². The Hall–Kier alpha value is -0.130. The fourth-order valence-corrected chi connectivity index (χ4v) is 2.67. The molecule has 0 saturated heterocycles. The molecule has 0 aliphatic rings. The third-order valence-corrected chi connectivity index (χ3v) is 3.84. The smallest absolute Gasteiger partial charge is 0.147 e. The molecule has 0 amide bonds. The number of ether oxygens (including phenoxy) is 1. The Morgan fingerprint density at radius 1 is 1.11 bits per heavy atom. The molecular weight excluding hydrogens is 250 g/mol. The number of hydrogen-bond donors (Lipinski definition) is 1. The summed E-state index contributed by atoms with van der Waals surface area (Å²) in [5.41, 5.74) is 0. The van der Waals surface area contributed by atoms with Crippen LogP contribution in [0, 0.1) is 0 Å². The van der Waals surface area contributed by atoms with E-state index in [1.807, 2.05) is 6.92 Å². The third kappa shape index (κ3) is 8.89. The van der Waals surface area contributed by atoms with Crippen LogP contribution in [0.25, 0.3) is 0 Å². The molecule has 0 aromatic heterocycles. The summed E-state index contributed by atoms with van der Waals surface area (Å²) in [6, 6.07) is 0.138. The number of hydrogen-bond acceptors (Lipinski definition) is 4. The lowest BCUT2D eigenvalue weighted by Gasteiger charge is -2.27. The maximum atomic E-state index is 11.3. The zero-order valence-corrected chi connectivity index (χ0v) is 13.1. The molecule has 0 radical (unpaired) electrons. The number of sulfone groups is 1. The first-order chi connectivity index (χ1) is 8.44. The standard InChI is InChI=1S/C13H29NO3S/c1-5-8-13(17-7-3)12(14-10-6-2)9-11-18(4,15)16/h12-14H,5-11H2,1-4H3. The second-order valence-corrected chi connectivity index (χ2v) is 7.02. The fourth-order valence-electron chi connectivity index (χ4n) is 1.99. The molecule has 1 N–H and O–H groups in total. The molecule has 0 aliphatic heterocycles. The molecule has 2 unspecified atom stereocenters. The Bertz CT molecular complexity index is 285. The molecule has 0 bridgehead atoms. The molecule has 0 spiro atoms. The summed E-state index contributed by atoms with van der Waals surface area (Å²) < 4.78 is 28.3. The van der Waals surface area contributed by atoms with Gasteiger partial charge in [-0.25, -0.2) is 8.42 Å². The maximum absolute atomic E-state index is 11.3. The van der Waals surface area contributed by atoms with Gasteiger partial charge in [0.15, 0.2) is 0 Å². The summed E-state index contributed by atoms with van der Waals surface area (Å²) in [6.07, 6.45) is 5.10. The highest BCUT2D eigenvalue weighted by Gasteiger charge is 2.21. The Kier molecular flexibility index (Phi) is 9.68. The van der Waals surface area contributed by atoms with Gasteiger partial charge in [0, 0.05) is 18.9 Å². The van der Waals surface area contributed by atoms with Crippen LogP contribution in [-0.4, -0.2) is 45.7 Å². The van der Waals surface area contributed by atoms with E-state index in [2.05, 4.69) is 19.2 Å². The third-order valence-electron chi connectivity index (χ3n) is 2.86. The summed E-state index contributed by atoms with van der Waals surface area (Å²) in [5.74, 6) is 0.224. The van der Waals surface area contributed by atoms with Crippen LogP contribution in [0.4, 0.5) is 0 Å². The van der Waals surface area contributed by atoms with Crippen LogP contribution in [0.1, 0.15) is 46.5 Å². The predicted molar refractivity (Wildman–Crippen MR) is 76.7 cm³/mol. The Morgan fingerprint density at radius 3 is 2.22 bits per heavy atom. The Labute approximate surface area is 112 Å². The van der Waals surface area contributed by atoms with Crippen LogP contribution in [0.5, 0.6) is 0 Å². The van der Waals surface area contributed by atoms with Crippen molar-refractivity contribution in [3.05, 3.63) is 0 Å². The SMILES string of the molecule is CCCNC(CCS(C)(=O)=O)C(CCC)OCC. The van der Waals surface area contributed by atoms with Gasteiger partial charge in [-0.1, -0.05) is 20.3 Å². The van der Waals surface area contributed by atoms with Crippen molar-refractivity contribution in [3.8, 4) is 0 Å². The molecule has 110 valence electrons. The summed E-state index contributed by atoms with van der Waals surface area (Å²) in [6.45, 7) is 7.79. The minimum absolute atomic E-state index is 0.119. The lowest BCUT2D eigenvalue weighted by Crippen LogP contribution is -2.43. The first-order valence-corrected chi connectivity index (χ1v) is 9.03. The van der Waals surface area contributed by atoms with Gasteiger partial charge >= 0.3 is 0 Å². The van der Waals surface area contributed by atoms with E-state index in [9.17, 15) is 8.42 Å². The van der Waals surface area contributed by atoms with E-state index in [4.69, 9.17) is 4.74 Å². The van der Waals surface area contributed by atoms with Gasteiger partial charge < -0.3 is 10.1 Å². The van der Waals surface area contributed by atoms with Gasteiger partial charge in [-0.2, -0.15) is 0 Å². The average molecular weight is 279 g/mol. The van der Waals surface area contributed by atoms with Crippen molar-refractivity contribution >= 4 is 9.84 Å². The number of rotatable bonds is 11. The molecule has 0 fully saturated rings. The average Bonchev–Trinajstić information content (AvgIpc) is 2.28. The molecule has 0 aliphatic carbocycles. The van der Waals surface area contributed by atoms with E-state index in [-0.39, 0.29) is 17.9 Å². The van der Waals surface area contributed by atoms with Crippen molar-refractivity contribution in [2.24, 2.45) is 0 Å². The van der Waals surface area contributed by atoms with Gasteiger partial charge in [-0.15, -0.1) is 0 Å². The quantitative estimate of drug-likeness (QED) is 0.628. The second kappa shape index (κ2) is 9.75. The minimum atomic E-state index is -2.90. The van der Waals surface area contributed by atoms with E-state index >= 15 is 0 Å². The van der Waals surface area contributed by atoms with Crippen molar-refractivity contribution in [1.29, 1.82) is 0 Å². The van der Waals surface area contributed by atoms with Gasteiger partial charge in [-0.05, 0) is 32.7 Å². The minimum Gasteiger partial charge on any atom is -0.377 e. The van der Waals surface area contributed by atoms with E-state index in [1.165, 1.54) is 6.26 Å². The molecule has 18 heavy (non-hydrogen) atoms. The molecular formula is C13H29NO3S. The van der Waals surface area contributed by atoms with E-state index in [1.54, 1.807) is 0 Å². The van der Waals surface area contributed by atoms with Gasteiger partial charge in [0.05, 0.1) is 11.9 Å². The Balaban J connectivity index is 4.49. The molecule has 5 heteroatoms. The van der Waals surface area contributed by atoms with Crippen molar-refractivity contribution in [2.75, 3.05) is 25.2 Å². The first kappa shape index (κ1) is 17.9. The maximum Gasteiger partial charge on any atom is 0.147 e. The van der Waals surface area contributed by atoms with Crippen LogP contribution in [-0.2, 0) is 14.6 Å². The van der Waals surface area contributed by atoms with Gasteiger partial charge in [0.1, 0.15) is 9.84 Å². The molecule has 0 aromatic rings. The molecule has 0 heterocycles. The Morgan fingerprint density at radius 2 is 1.78 bits per heavy atom. The number of nitrogens with one attached hydrogen (secondary N) is 1. The zero-order chi connectivity index (χ0) is 14.0. The van der Waals surface area contributed by atoms with Crippen LogP contribution in [0.2, 0.25) is 0 Å². The second-order valence-electron chi connectivity index (χ2n) is 4.76. The molecule has 2 atom stereocenters. The van der Waals surface area contributed by atoms with Crippen molar-refractivity contribution in [1.82, 2.24) is 5.32 Å². The van der Waals surface area contributed by atoms with Gasteiger partial charge in [-0.3, -0.25) is 0 Å².